The van der Waals surface area contributed by atoms with E-state index < -0.39 is 5.82 Å². The quantitative estimate of drug-likeness (QED) is 0.341. The van der Waals surface area contributed by atoms with Gasteiger partial charge < -0.3 is 14.6 Å². The molecule has 0 amide bonds. The fourth-order valence-corrected chi connectivity index (χ4v) is 4.42. The minimum absolute atomic E-state index is 0.409. The first-order valence-electron chi connectivity index (χ1n) is 11.6. The van der Waals surface area contributed by atoms with Gasteiger partial charge in [0.05, 0.1) is 23.7 Å². The summed E-state index contributed by atoms with van der Waals surface area (Å²) in [6.07, 6.45) is 7.15. The summed E-state index contributed by atoms with van der Waals surface area (Å²) >= 11 is 0. The van der Waals surface area contributed by atoms with Crippen molar-refractivity contribution in [3.8, 4) is 39.7 Å². The van der Waals surface area contributed by atoms with Gasteiger partial charge in [0, 0.05) is 54.1 Å². The molecule has 0 bridgehead atoms. The molecule has 184 valence electrons. The molecule has 5 aromatic heterocycles. The molecule has 2 N–H and O–H groups in total. The van der Waals surface area contributed by atoms with Gasteiger partial charge in [0.15, 0.2) is 11.5 Å². The molecule has 0 aliphatic rings. The maximum Gasteiger partial charge on any atom is 0.181 e. The molecule has 0 aliphatic carbocycles. The normalized spacial score (nSPS) is 11.6. The summed E-state index contributed by atoms with van der Waals surface area (Å²) in [6, 6.07) is 10.4. The van der Waals surface area contributed by atoms with Crippen molar-refractivity contribution in [1.82, 2.24) is 40.0 Å². The zero-order chi connectivity index (χ0) is 25.5. The fourth-order valence-electron chi connectivity index (χ4n) is 4.42. The van der Waals surface area contributed by atoms with Crippen LogP contribution in [0.25, 0.3) is 56.0 Å². The number of halogens is 1. The van der Waals surface area contributed by atoms with Crippen LogP contribution in [0, 0.1) is 5.82 Å². The highest BCUT2D eigenvalue weighted by Gasteiger charge is 2.17. The smallest absolute Gasteiger partial charge is 0.181 e. The van der Waals surface area contributed by atoms with Crippen LogP contribution < -0.4 is 4.74 Å². The van der Waals surface area contributed by atoms with Crippen LogP contribution in [0.15, 0.2) is 61.2 Å². The number of fused-ring (bicyclic) bond motifs is 2. The van der Waals surface area contributed by atoms with Crippen molar-refractivity contribution in [3.63, 3.8) is 0 Å². The Morgan fingerprint density at radius 3 is 2.68 bits per heavy atom. The van der Waals surface area contributed by atoms with E-state index in [0.717, 1.165) is 34.1 Å². The second-order valence-corrected chi connectivity index (χ2v) is 9.03. The molecular formula is C27H23FN8O. The average molecular weight is 495 g/mol. The molecule has 0 fully saturated rings. The molecule has 0 radical (unpaired) electrons. The van der Waals surface area contributed by atoms with Crippen LogP contribution >= 0.6 is 0 Å². The molecule has 9 nitrogen and oxygen atoms in total. The molecule has 5 heterocycles. The molecule has 10 heteroatoms. The minimum atomic E-state index is -0.411. The van der Waals surface area contributed by atoms with Gasteiger partial charge in [0.25, 0.3) is 0 Å². The third kappa shape index (κ3) is 4.27. The topological polar surface area (TPSA) is 108 Å². The van der Waals surface area contributed by atoms with Gasteiger partial charge >= 0.3 is 0 Å². The van der Waals surface area contributed by atoms with Crippen molar-refractivity contribution in [2.45, 2.75) is 6.54 Å². The van der Waals surface area contributed by atoms with E-state index in [-0.39, 0.29) is 0 Å². The minimum Gasteiger partial charge on any atom is -0.497 e. The number of pyridine rings is 3. The summed E-state index contributed by atoms with van der Waals surface area (Å²) in [7, 11) is 5.55. The zero-order valence-corrected chi connectivity index (χ0v) is 20.5. The number of nitrogens with one attached hydrogen (secondary N) is 2. The van der Waals surface area contributed by atoms with Gasteiger partial charge in [-0.25, -0.2) is 14.4 Å². The Morgan fingerprint density at radius 1 is 0.973 bits per heavy atom. The predicted octanol–water partition coefficient (Wildman–Crippen LogP) is 4.83. The molecular weight excluding hydrogens is 471 g/mol. The number of methoxy groups -OCH3 is 1. The number of H-pyrrole nitrogens is 2. The van der Waals surface area contributed by atoms with Crippen LogP contribution in [0.4, 0.5) is 4.39 Å². The number of aromatic nitrogens is 7. The lowest BCUT2D eigenvalue weighted by Gasteiger charge is -2.10. The molecule has 0 spiro atoms. The SMILES string of the molecule is COc1cc(F)cc(-c2nccc3[nH]c(-c4[nH]nc5ncc(-c6cncc(CN(C)C)c6)cc45)nc23)c1. The summed E-state index contributed by atoms with van der Waals surface area (Å²) in [6.45, 7) is 0.792. The van der Waals surface area contributed by atoms with Crippen LogP contribution in [0.5, 0.6) is 5.75 Å². The van der Waals surface area contributed by atoms with Gasteiger partial charge in [0.1, 0.15) is 22.8 Å². The van der Waals surface area contributed by atoms with Gasteiger partial charge in [-0.15, -0.1) is 0 Å². The zero-order valence-electron chi connectivity index (χ0n) is 20.5. The van der Waals surface area contributed by atoms with Crippen molar-refractivity contribution in [2.24, 2.45) is 0 Å². The number of aromatic amines is 2. The van der Waals surface area contributed by atoms with Crippen molar-refractivity contribution in [3.05, 3.63) is 72.6 Å². The van der Waals surface area contributed by atoms with Crippen LogP contribution in [0.1, 0.15) is 5.56 Å². The Kier molecular flexibility index (Phi) is 5.57. The van der Waals surface area contributed by atoms with Gasteiger partial charge in [-0.3, -0.25) is 15.1 Å². The lowest BCUT2D eigenvalue weighted by molar-refractivity contribution is 0.402. The molecule has 0 saturated carbocycles. The molecule has 37 heavy (non-hydrogen) atoms. The maximum absolute atomic E-state index is 14.2. The van der Waals surface area contributed by atoms with Crippen LogP contribution in [-0.4, -0.2) is 61.2 Å². The van der Waals surface area contributed by atoms with E-state index in [2.05, 4.69) is 41.1 Å². The number of ether oxygens (including phenoxy) is 1. The Morgan fingerprint density at radius 2 is 1.84 bits per heavy atom. The molecule has 0 saturated heterocycles. The third-order valence-corrected chi connectivity index (χ3v) is 6.05. The van der Waals surface area contributed by atoms with E-state index in [1.54, 1.807) is 18.5 Å². The molecule has 0 aliphatic heterocycles. The summed E-state index contributed by atoms with van der Waals surface area (Å²) in [5.41, 5.74) is 6.76. The van der Waals surface area contributed by atoms with Gasteiger partial charge in [0.2, 0.25) is 0 Å². The largest absolute Gasteiger partial charge is 0.497 e. The van der Waals surface area contributed by atoms with Gasteiger partial charge in [-0.1, -0.05) is 0 Å². The first-order chi connectivity index (χ1) is 18.0. The second kappa shape index (κ2) is 9.07. The summed E-state index contributed by atoms with van der Waals surface area (Å²) < 4.78 is 19.4. The standard InChI is InChI=1S/C27H23FN8O/c1-36(2)14-15-6-17(12-29-11-15)18-9-21-24(34-35-26(21)31-13-18)27-32-22-4-5-30-23(25(22)33-27)16-7-19(28)10-20(8-16)37-3/h4-13H,14H2,1-3H3,(H,32,33)(H,31,34,35). The number of hydrogen-bond donors (Lipinski definition) is 2. The Hall–Kier alpha value is -4.70. The highest BCUT2D eigenvalue weighted by molar-refractivity contribution is 5.96. The summed E-state index contributed by atoms with van der Waals surface area (Å²) in [5.74, 6) is 0.576. The van der Waals surface area contributed by atoms with E-state index in [4.69, 9.17) is 9.72 Å². The Labute approximate surface area is 211 Å². The van der Waals surface area contributed by atoms with E-state index in [0.29, 0.717) is 39.7 Å². The van der Waals surface area contributed by atoms with E-state index in [1.165, 1.54) is 19.2 Å². The lowest BCUT2D eigenvalue weighted by atomic mass is 10.1. The number of nitrogens with zero attached hydrogens (tertiary/aromatic N) is 6. The first-order valence-corrected chi connectivity index (χ1v) is 11.6. The molecule has 6 aromatic rings. The Bertz CT molecular complexity index is 1760. The van der Waals surface area contributed by atoms with Crippen LogP contribution in [0.2, 0.25) is 0 Å². The number of imidazole rings is 1. The number of benzene rings is 1. The van der Waals surface area contributed by atoms with Gasteiger partial charge in [-0.05, 0) is 50.0 Å². The Balaban J connectivity index is 1.45. The summed E-state index contributed by atoms with van der Waals surface area (Å²) in [5, 5.41) is 8.25. The maximum atomic E-state index is 14.2. The van der Waals surface area contributed by atoms with Crippen molar-refractivity contribution < 1.29 is 9.13 Å². The van der Waals surface area contributed by atoms with Gasteiger partial charge in [-0.2, -0.15) is 5.10 Å². The first kappa shape index (κ1) is 22.7. The van der Waals surface area contributed by atoms with Crippen LogP contribution in [-0.2, 0) is 6.54 Å². The van der Waals surface area contributed by atoms with Crippen LogP contribution in [0.3, 0.4) is 0 Å². The van der Waals surface area contributed by atoms with Crippen molar-refractivity contribution >= 4 is 22.1 Å². The molecule has 0 unspecified atom stereocenters. The predicted molar refractivity (Wildman–Crippen MR) is 139 cm³/mol. The fraction of sp³-hybridized carbons (Fsp3) is 0.148. The van der Waals surface area contributed by atoms with Crippen molar-refractivity contribution in [2.75, 3.05) is 21.2 Å². The highest BCUT2D eigenvalue weighted by Crippen LogP contribution is 2.33. The molecule has 0 atom stereocenters. The van der Waals surface area contributed by atoms with Crippen molar-refractivity contribution in [1.29, 1.82) is 0 Å². The molecule has 1 aromatic carbocycles. The lowest BCUT2D eigenvalue weighted by Crippen LogP contribution is -2.10. The van der Waals surface area contributed by atoms with E-state index >= 15 is 0 Å². The third-order valence-electron chi connectivity index (χ3n) is 6.05. The molecule has 6 rings (SSSR count). The number of rotatable bonds is 6. The second-order valence-electron chi connectivity index (χ2n) is 9.03. The van der Waals surface area contributed by atoms with E-state index in [9.17, 15) is 4.39 Å². The summed E-state index contributed by atoms with van der Waals surface area (Å²) in [4.78, 5) is 23.7. The number of hydrogen-bond acceptors (Lipinski definition) is 7. The average Bonchev–Trinajstić information content (AvgIpc) is 3.51. The highest BCUT2D eigenvalue weighted by atomic mass is 19.1. The van der Waals surface area contributed by atoms with E-state index in [1.807, 2.05) is 38.6 Å². The monoisotopic (exact) mass is 494 g/mol.